The molecule has 0 aromatic carbocycles. The minimum atomic E-state index is -1.18. The molecule has 0 saturated heterocycles. The van der Waals surface area contributed by atoms with Gasteiger partial charge in [0.05, 0.1) is 6.54 Å². The molecule has 0 fully saturated rings. The average molecular weight is 330 g/mol. The molecule has 7 heteroatoms. The van der Waals surface area contributed by atoms with Crippen molar-refractivity contribution in [2.24, 2.45) is 0 Å². The Kier molecular flexibility index (Phi) is 10.7. The van der Waals surface area contributed by atoms with Crippen LogP contribution in [0.15, 0.2) is 12.2 Å². The molecule has 0 saturated carbocycles. The molecule has 3 N–H and O–H groups in total. The Morgan fingerprint density at radius 3 is 1.70 bits per heavy atom. The first-order valence-corrected chi connectivity index (χ1v) is 7.97. The number of hydrogen-bond acceptors (Lipinski definition) is 3. The standard InChI is InChI=1S/C16H27NO6/c1-2-3-4-5-6-7-8-9-10-17(11-14(18)19,12-15(20)21)13-16(22)23/h3-4H,2,5-13H2,1H3,(H2-,18,19,20,21,22,23)/p+1/b4-3+. The van der Waals surface area contributed by atoms with Gasteiger partial charge in [0.2, 0.25) is 0 Å². The Balaban J connectivity index is 4.49. The van der Waals surface area contributed by atoms with Crippen LogP contribution in [0.1, 0.15) is 45.4 Å². The van der Waals surface area contributed by atoms with Crippen LogP contribution in [0, 0.1) is 0 Å². The highest BCUT2D eigenvalue weighted by atomic mass is 16.4. The van der Waals surface area contributed by atoms with E-state index in [2.05, 4.69) is 19.1 Å². The van der Waals surface area contributed by atoms with Crippen molar-refractivity contribution in [2.75, 3.05) is 26.2 Å². The molecule has 0 aromatic rings. The van der Waals surface area contributed by atoms with Crippen molar-refractivity contribution in [1.82, 2.24) is 0 Å². The zero-order valence-electron chi connectivity index (χ0n) is 13.7. The molecule has 0 aromatic heterocycles. The molecule has 132 valence electrons. The molecule has 23 heavy (non-hydrogen) atoms. The normalized spacial score (nSPS) is 11.7. The smallest absolute Gasteiger partial charge is 0.359 e. The Labute approximate surface area is 136 Å². The van der Waals surface area contributed by atoms with Gasteiger partial charge >= 0.3 is 17.9 Å². The van der Waals surface area contributed by atoms with Crippen LogP contribution in [-0.4, -0.2) is 63.9 Å². The van der Waals surface area contributed by atoms with Crippen LogP contribution in [0.5, 0.6) is 0 Å². The molecule has 0 spiro atoms. The van der Waals surface area contributed by atoms with Crippen molar-refractivity contribution in [3.63, 3.8) is 0 Å². The van der Waals surface area contributed by atoms with Gasteiger partial charge in [-0.25, -0.2) is 14.4 Å². The monoisotopic (exact) mass is 330 g/mol. The SMILES string of the molecule is CC/C=C/CCCCCC[N+](CC(=O)O)(CC(=O)O)CC(=O)O. The average Bonchev–Trinajstić information content (AvgIpc) is 2.39. The summed E-state index contributed by atoms with van der Waals surface area (Å²) >= 11 is 0. The predicted octanol–water partition coefficient (Wildman–Crippen LogP) is 1.97. The van der Waals surface area contributed by atoms with Gasteiger partial charge in [-0.05, 0) is 32.1 Å². The van der Waals surface area contributed by atoms with Gasteiger partial charge in [0.25, 0.3) is 0 Å². The molecule has 0 aliphatic carbocycles. The van der Waals surface area contributed by atoms with E-state index in [4.69, 9.17) is 15.3 Å². The summed E-state index contributed by atoms with van der Waals surface area (Å²) in [6, 6.07) is 0. The number of quaternary nitrogens is 1. The molecule has 0 heterocycles. The second-order valence-corrected chi connectivity index (χ2v) is 5.80. The highest BCUT2D eigenvalue weighted by molar-refractivity contribution is 5.73. The molecule has 0 unspecified atom stereocenters. The van der Waals surface area contributed by atoms with E-state index in [1.165, 1.54) is 0 Å². The molecule has 7 nitrogen and oxygen atoms in total. The number of carboxylic acid groups (broad SMARTS) is 3. The van der Waals surface area contributed by atoms with E-state index in [0.29, 0.717) is 6.42 Å². The number of carbonyl (C=O) groups is 3. The second-order valence-electron chi connectivity index (χ2n) is 5.80. The number of rotatable bonds is 14. The van der Waals surface area contributed by atoms with E-state index >= 15 is 0 Å². The summed E-state index contributed by atoms with van der Waals surface area (Å²) in [5, 5.41) is 27.0. The van der Waals surface area contributed by atoms with Crippen molar-refractivity contribution >= 4 is 17.9 Å². The Bertz CT molecular complexity index is 378. The number of unbranched alkanes of at least 4 members (excludes halogenated alkanes) is 4. The molecule has 0 rings (SSSR count). The fourth-order valence-corrected chi connectivity index (χ4v) is 2.61. The lowest BCUT2D eigenvalue weighted by Gasteiger charge is -2.34. The maximum absolute atomic E-state index is 11.0. The zero-order valence-corrected chi connectivity index (χ0v) is 13.7. The highest BCUT2D eigenvalue weighted by Gasteiger charge is 2.35. The molecule has 0 atom stereocenters. The lowest BCUT2D eigenvalue weighted by molar-refractivity contribution is -0.907. The van der Waals surface area contributed by atoms with Crippen molar-refractivity contribution in [3.8, 4) is 0 Å². The van der Waals surface area contributed by atoms with Gasteiger partial charge in [0, 0.05) is 0 Å². The molecule has 0 aliphatic rings. The van der Waals surface area contributed by atoms with Crippen LogP contribution in [0.4, 0.5) is 0 Å². The van der Waals surface area contributed by atoms with E-state index in [1.807, 2.05) is 0 Å². The molecular formula is C16H28NO6+. The first-order chi connectivity index (χ1) is 10.8. The molecular weight excluding hydrogens is 302 g/mol. The number of aliphatic carboxylic acids is 3. The number of allylic oxidation sites excluding steroid dienone is 2. The van der Waals surface area contributed by atoms with Crippen molar-refractivity contribution in [3.05, 3.63) is 12.2 Å². The Morgan fingerprint density at radius 1 is 0.783 bits per heavy atom. The maximum atomic E-state index is 11.0. The lowest BCUT2D eigenvalue weighted by Crippen LogP contribution is -2.57. The van der Waals surface area contributed by atoms with Gasteiger partial charge < -0.3 is 15.3 Å². The summed E-state index contributed by atoms with van der Waals surface area (Å²) in [6.45, 7) is 0.852. The largest absolute Gasteiger partial charge is 0.477 e. The topological polar surface area (TPSA) is 112 Å². The molecule has 0 bridgehead atoms. The Hall–Kier alpha value is -1.89. The first-order valence-electron chi connectivity index (χ1n) is 7.97. The fraction of sp³-hybridized carbons (Fsp3) is 0.688. The maximum Gasteiger partial charge on any atom is 0.359 e. The minimum absolute atomic E-state index is 0.246. The third-order valence-corrected chi connectivity index (χ3v) is 3.57. The second kappa shape index (κ2) is 11.6. The summed E-state index contributed by atoms with van der Waals surface area (Å²) in [6.07, 6.45) is 9.67. The number of nitrogens with zero attached hydrogens (tertiary/aromatic N) is 1. The number of hydrogen-bond donors (Lipinski definition) is 3. The third kappa shape index (κ3) is 11.3. The number of carboxylic acids is 3. The predicted molar refractivity (Wildman–Crippen MR) is 85.2 cm³/mol. The summed E-state index contributed by atoms with van der Waals surface area (Å²) in [4.78, 5) is 33.0. The fourth-order valence-electron chi connectivity index (χ4n) is 2.61. The van der Waals surface area contributed by atoms with Gasteiger partial charge in [0.15, 0.2) is 19.6 Å². The van der Waals surface area contributed by atoms with Crippen LogP contribution in [-0.2, 0) is 14.4 Å². The van der Waals surface area contributed by atoms with Gasteiger partial charge in [-0.2, -0.15) is 0 Å². The zero-order chi connectivity index (χ0) is 17.7. The van der Waals surface area contributed by atoms with Gasteiger partial charge in [-0.3, -0.25) is 4.48 Å². The first kappa shape index (κ1) is 21.1. The van der Waals surface area contributed by atoms with E-state index in [-0.39, 0.29) is 6.54 Å². The van der Waals surface area contributed by atoms with Crippen molar-refractivity contribution in [2.45, 2.75) is 45.4 Å². The van der Waals surface area contributed by atoms with Gasteiger partial charge in [0.1, 0.15) is 0 Å². The van der Waals surface area contributed by atoms with Gasteiger partial charge in [-0.15, -0.1) is 0 Å². The summed E-state index contributed by atoms with van der Waals surface area (Å²) in [7, 11) is 0. The minimum Gasteiger partial charge on any atom is -0.477 e. The lowest BCUT2D eigenvalue weighted by atomic mass is 10.1. The molecule has 0 aliphatic heterocycles. The van der Waals surface area contributed by atoms with Crippen LogP contribution in [0.2, 0.25) is 0 Å². The van der Waals surface area contributed by atoms with Crippen LogP contribution in [0.25, 0.3) is 0 Å². The van der Waals surface area contributed by atoms with E-state index in [0.717, 1.165) is 32.1 Å². The summed E-state index contributed by atoms with van der Waals surface area (Å²) in [5.41, 5.74) is 0. The molecule has 0 amide bonds. The third-order valence-electron chi connectivity index (χ3n) is 3.57. The van der Waals surface area contributed by atoms with Crippen molar-refractivity contribution < 1.29 is 34.2 Å². The van der Waals surface area contributed by atoms with Crippen LogP contribution < -0.4 is 0 Å². The van der Waals surface area contributed by atoms with E-state index in [1.54, 1.807) is 0 Å². The van der Waals surface area contributed by atoms with E-state index < -0.39 is 42.0 Å². The van der Waals surface area contributed by atoms with Crippen LogP contribution >= 0.6 is 0 Å². The van der Waals surface area contributed by atoms with Gasteiger partial charge in [-0.1, -0.05) is 25.5 Å². The van der Waals surface area contributed by atoms with Crippen molar-refractivity contribution in [1.29, 1.82) is 0 Å². The Morgan fingerprint density at radius 2 is 1.26 bits per heavy atom. The van der Waals surface area contributed by atoms with E-state index in [9.17, 15) is 14.4 Å². The van der Waals surface area contributed by atoms with Crippen LogP contribution in [0.3, 0.4) is 0 Å². The quantitative estimate of drug-likeness (QED) is 0.255. The highest BCUT2D eigenvalue weighted by Crippen LogP contribution is 2.12. The summed E-state index contributed by atoms with van der Waals surface area (Å²) in [5.74, 6) is -3.55. The molecule has 0 radical (unpaired) electrons. The summed E-state index contributed by atoms with van der Waals surface area (Å²) < 4.78 is -0.449.